The summed E-state index contributed by atoms with van der Waals surface area (Å²) in [6.07, 6.45) is 0. The number of rotatable bonds is 7. The summed E-state index contributed by atoms with van der Waals surface area (Å²) in [6, 6.07) is 10.7. The molecule has 0 bridgehead atoms. The molecule has 0 unspecified atom stereocenters. The summed E-state index contributed by atoms with van der Waals surface area (Å²) in [6.45, 7) is 1.60. The number of carbonyl (C=O) groups excluding carboxylic acids is 1. The van der Waals surface area contributed by atoms with Crippen LogP contribution in [0, 0.1) is 6.92 Å². The van der Waals surface area contributed by atoms with Crippen LogP contribution in [-0.2, 0) is 16.6 Å². The molecule has 3 heterocycles. The van der Waals surface area contributed by atoms with E-state index in [1.54, 1.807) is 25.1 Å². The van der Waals surface area contributed by atoms with E-state index in [-0.39, 0.29) is 21.9 Å². The molecule has 0 saturated heterocycles. The molecule has 0 saturated carbocycles. The summed E-state index contributed by atoms with van der Waals surface area (Å²) in [5.74, 6) is 0.101. The number of nitrogens with one attached hydrogen (secondary N) is 2. The zero-order valence-electron chi connectivity index (χ0n) is 15.4. The van der Waals surface area contributed by atoms with Crippen LogP contribution in [0.1, 0.15) is 21.8 Å². The molecule has 0 radical (unpaired) electrons. The van der Waals surface area contributed by atoms with Crippen molar-refractivity contribution in [1.29, 1.82) is 0 Å². The van der Waals surface area contributed by atoms with Crippen molar-refractivity contribution in [1.82, 2.24) is 25.1 Å². The first kappa shape index (κ1) is 20.3. The molecule has 0 aliphatic heterocycles. The molecular weight excluding hydrogens is 448 g/mol. The maximum atomic E-state index is 12.5. The lowest BCUT2D eigenvalue weighted by molar-refractivity contribution is 0.102. The van der Waals surface area contributed by atoms with Crippen molar-refractivity contribution < 1.29 is 17.7 Å². The Morgan fingerprint density at radius 2 is 2.00 bits per heavy atom. The van der Waals surface area contributed by atoms with Gasteiger partial charge in [-0.05, 0) is 30.0 Å². The van der Waals surface area contributed by atoms with Gasteiger partial charge in [-0.1, -0.05) is 40.8 Å². The van der Waals surface area contributed by atoms with E-state index in [9.17, 15) is 13.2 Å². The molecule has 2 N–H and O–H groups in total. The van der Waals surface area contributed by atoms with E-state index >= 15 is 0 Å². The second kappa shape index (κ2) is 8.39. The number of aryl methyl sites for hydroxylation is 1. The molecule has 154 valence electrons. The predicted molar refractivity (Wildman–Crippen MR) is 111 cm³/mol. The first-order valence-corrected chi connectivity index (χ1v) is 11.7. The number of benzene rings is 1. The second-order valence-corrected chi connectivity index (χ2v) is 9.82. The summed E-state index contributed by atoms with van der Waals surface area (Å²) in [7, 11) is -3.97. The van der Waals surface area contributed by atoms with Crippen molar-refractivity contribution in [2.24, 2.45) is 0 Å². The Hall–Kier alpha value is -3.00. The lowest BCUT2D eigenvalue weighted by Gasteiger charge is -2.04. The molecule has 30 heavy (non-hydrogen) atoms. The number of sulfonamides is 1. The zero-order valence-corrected chi connectivity index (χ0v) is 17.8. The van der Waals surface area contributed by atoms with Gasteiger partial charge in [0.15, 0.2) is 0 Å². The molecule has 4 rings (SSSR count). The summed E-state index contributed by atoms with van der Waals surface area (Å²) in [5, 5.41) is 15.7. The highest BCUT2D eigenvalue weighted by molar-refractivity contribution is 7.91. The van der Waals surface area contributed by atoms with E-state index in [1.807, 2.05) is 23.6 Å². The number of carbonyl (C=O) groups is 1. The van der Waals surface area contributed by atoms with E-state index in [0.29, 0.717) is 11.4 Å². The highest BCUT2D eigenvalue weighted by atomic mass is 32.2. The number of thiophene rings is 1. The van der Waals surface area contributed by atoms with Gasteiger partial charge in [-0.2, -0.15) is 9.71 Å². The van der Waals surface area contributed by atoms with Crippen LogP contribution in [0.3, 0.4) is 0 Å². The lowest BCUT2D eigenvalue weighted by Crippen LogP contribution is -2.23. The quantitative estimate of drug-likeness (QED) is 0.400. The smallest absolute Gasteiger partial charge is 0.270 e. The van der Waals surface area contributed by atoms with Crippen LogP contribution in [0.15, 0.2) is 50.6 Å². The fourth-order valence-electron chi connectivity index (χ4n) is 2.41. The summed E-state index contributed by atoms with van der Waals surface area (Å²) >= 11 is 2.18. The van der Waals surface area contributed by atoms with Crippen LogP contribution in [0.5, 0.6) is 0 Å². The number of hydrogen-bond acceptors (Lipinski definition) is 10. The van der Waals surface area contributed by atoms with Crippen LogP contribution in [0.25, 0.3) is 10.7 Å². The van der Waals surface area contributed by atoms with Gasteiger partial charge in [-0.3, -0.25) is 10.1 Å². The summed E-state index contributed by atoms with van der Waals surface area (Å²) in [5.41, 5.74) is 1.25. The van der Waals surface area contributed by atoms with Crippen molar-refractivity contribution in [3.63, 3.8) is 0 Å². The first-order valence-electron chi connectivity index (χ1n) is 8.49. The third-order valence-electron chi connectivity index (χ3n) is 3.87. The third kappa shape index (κ3) is 4.43. The van der Waals surface area contributed by atoms with Crippen molar-refractivity contribution in [2.75, 3.05) is 5.32 Å². The standard InChI is InChI=1S/C17H14N6O4S3/c1-10-5-2-3-6-11(10)15(24)20-16-21-22-17(29-16)30(25,26)18-9-13-19-14(23-27-13)12-7-4-8-28-12/h2-8,18H,9H2,1H3,(H,20,21,24). The highest BCUT2D eigenvalue weighted by Crippen LogP contribution is 2.23. The second-order valence-electron chi connectivity index (χ2n) is 5.96. The molecule has 0 aliphatic rings. The number of anilines is 1. The average molecular weight is 463 g/mol. The van der Waals surface area contributed by atoms with Crippen LogP contribution >= 0.6 is 22.7 Å². The molecule has 1 aromatic carbocycles. The molecule has 1 amide bonds. The number of hydrogen-bond donors (Lipinski definition) is 2. The number of nitrogens with zero attached hydrogens (tertiary/aromatic N) is 4. The van der Waals surface area contributed by atoms with Gasteiger partial charge >= 0.3 is 0 Å². The zero-order chi connectivity index (χ0) is 21.1. The Morgan fingerprint density at radius 3 is 2.77 bits per heavy atom. The molecule has 0 fully saturated rings. The first-order chi connectivity index (χ1) is 14.4. The van der Waals surface area contributed by atoms with Crippen molar-refractivity contribution >= 4 is 43.7 Å². The Kier molecular flexibility index (Phi) is 5.67. The largest absolute Gasteiger partial charge is 0.337 e. The van der Waals surface area contributed by atoms with Crippen LogP contribution in [0.2, 0.25) is 0 Å². The van der Waals surface area contributed by atoms with Gasteiger partial charge in [0.25, 0.3) is 15.9 Å². The fraction of sp³-hybridized carbons (Fsp3) is 0.118. The van der Waals surface area contributed by atoms with Crippen molar-refractivity contribution in [3.8, 4) is 10.7 Å². The van der Waals surface area contributed by atoms with E-state index in [1.165, 1.54) is 11.3 Å². The van der Waals surface area contributed by atoms with E-state index in [4.69, 9.17) is 4.52 Å². The molecule has 4 aromatic rings. The van der Waals surface area contributed by atoms with E-state index < -0.39 is 15.9 Å². The predicted octanol–water partition coefficient (Wildman–Crippen LogP) is 2.69. The van der Waals surface area contributed by atoms with Gasteiger partial charge < -0.3 is 4.52 Å². The highest BCUT2D eigenvalue weighted by Gasteiger charge is 2.22. The Bertz CT molecular complexity index is 1280. The van der Waals surface area contributed by atoms with Gasteiger partial charge in [-0.25, -0.2) is 8.42 Å². The minimum absolute atomic E-state index is 0.0707. The Morgan fingerprint density at radius 1 is 1.17 bits per heavy atom. The summed E-state index contributed by atoms with van der Waals surface area (Å²) in [4.78, 5) is 17.3. The van der Waals surface area contributed by atoms with Crippen molar-refractivity contribution in [2.45, 2.75) is 17.8 Å². The maximum Gasteiger partial charge on any atom is 0.270 e. The van der Waals surface area contributed by atoms with Crippen LogP contribution < -0.4 is 10.0 Å². The van der Waals surface area contributed by atoms with E-state index in [2.05, 4.69) is 30.4 Å². The van der Waals surface area contributed by atoms with Crippen LogP contribution in [-0.4, -0.2) is 34.7 Å². The average Bonchev–Trinajstić information content (AvgIpc) is 3.47. The normalized spacial score (nSPS) is 11.5. The van der Waals surface area contributed by atoms with Gasteiger partial charge in [0.1, 0.15) is 0 Å². The topological polar surface area (TPSA) is 140 Å². The van der Waals surface area contributed by atoms with Gasteiger partial charge in [0, 0.05) is 5.56 Å². The minimum atomic E-state index is -3.97. The maximum absolute atomic E-state index is 12.5. The molecule has 0 spiro atoms. The molecule has 3 aromatic heterocycles. The van der Waals surface area contributed by atoms with Gasteiger partial charge in [0.05, 0.1) is 11.4 Å². The monoisotopic (exact) mass is 462 g/mol. The molecule has 0 aliphatic carbocycles. The number of amides is 1. The molecular formula is C17H14N6O4S3. The molecule has 0 atom stereocenters. The Balaban J connectivity index is 1.41. The van der Waals surface area contributed by atoms with Crippen LogP contribution in [0.4, 0.5) is 5.13 Å². The van der Waals surface area contributed by atoms with Crippen molar-refractivity contribution in [3.05, 3.63) is 58.8 Å². The number of aromatic nitrogens is 4. The minimum Gasteiger partial charge on any atom is -0.337 e. The molecule has 13 heteroatoms. The van der Waals surface area contributed by atoms with Gasteiger partial charge in [0.2, 0.25) is 21.2 Å². The third-order valence-corrected chi connectivity index (χ3v) is 7.34. The SMILES string of the molecule is Cc1ccccc1C(=O)Nc1nnc(S(=O)(=O)NCc2nc(-c3cccs3)no2)s1. The fourth-order valence-corrected chi connectivity index (χ4v) is 4.97. The van der Waals surface area contributed by atoms with E-state index in [0.717, 1.165) is 21.8 Å². The summed E-state index contributed by atoms with van der Waals surface area (Å²) < 4.78 is 32.0. The Labute approximate surface area is 179 Å². The lowest BCUT2D eigenvalue weighted by atomic mass is 10.1. The van der Waals surface area contributed by atoms with Gasteiger partial charge in [-0.15, -0.1) is 21.5 Å². The molecule has 10 nitrogen and oxygen atoms in total.